The summed E-state index contributed by atoms with van der Waals surface area (Å²) in [7, 11) is -0.775. The van der Waals surface area contributed by atoms with Gasteiger partial charge in [0.1, 0.15) is 0 Å². The van der Waals surface area contributed by atoms with Gasteiger partial charge in [-0.25, -0.2) is 10.0 Å². The number of fused-ring (bicyclic) bond motifs is 10. The van der Waals surface area contributed by atoms with E-state index in [1.54, 1.807) is 0 Å². The molecule has 7 aromatic rings. The van der Waals surface area contributed by atoms with E-state index < -0.39 is 10.0 Å². The second-order valence-electron chi connectivity index (χ2n) is 10.2. The molecule has 0 atom stereocenters. The highest BCUT2D eigenvalue weighted by Crippen LogP contribution is 2.47. The highest BCUT2D eigenvalue weighted by molar-refractivity contribution is 8.32. The van der Waals surface area contributed by atoms with Crippen LogP contribution in [-0.4, -0.2) is 23.3 Å². The van der Waals surface area contributed by atoms with Gasteiger partial charge in [-0.05, 0) is 80.9 Å². The molecular weight excluding hydrogens is 442 g/mol. The van der Waals surface area contributed by atoms with E-state index in [9.17, 15) is 0 Å². The molecule has 35 heavy (non-hydrogen) atoms. The standard InChI is InChI=1S/C33H27NS/c1-35(2,3)24-19-17-23(18-20-24)34-30-21-16-22-10-4-5-11-25(22)31(30)32-28-14-8-6-12-26(28)27-13-7-9-15-29(27)33(32)34/h4-21H,1-3H3. The third-order valence-electron chi connectivity index (χ3n) is 7.33. The lowest BCUT2D eigenvalue weighted by molar-refractivity contribution is 1.18. The van der Waals surface area contributed by atoms with Crippen LogP contribution in [0.15, 0.2) is 114 Å². The fourth-order valence-electron chi connectivity index (χ4n) is 5.71. The zero-order valence-electron chi connectivity index (χ0n) is 20.2. The molecule has 0 bridgehead atoms. The summed E-state index contributed by atoms with van der Waals surface area (Å²) in [6, 6.07) is 40.4. The van der Waals surface area contributed by atoms with Crippen LogP contribution in [0, 0.1) is 0 Å². The van der Waals surface area contributed by atoms with Crippen molar-refractivity contribution in [1.82, 2.24) is 4.57 Å². The maximum Gasteiger partial charge on any atom is 0.0626 e. The van der Waals surface area contributed by atoms with Gasteiger partial charge in [0.15, 0.2) is 0 Å². The Morgan fingerprint density at radius 3 is 1.74 bits per heavy atom. The van der Waals surface area contributed by atoms with Crippen molar-refractivity contribution in [2.75, 3.05) is 18.8 Å². The van der Waals surface area contributed by atoms with Crippen molar-refractivity contribution in [3.05, 3.63) is 109 Å². The molecule has 0 aliphatic heterocycles. The van der Waals surface area contributed by atoms with Crippen LogP contribution in [0.3, 0.4) is 0 Å². The lowest BCUT2D eigenvalue weighted by Crippen LogP contribution is -1.97. The number of nitrogens with zero attached hydrogens (tertiary/aromatic N) is 1. The minimum atomic E-state index is -0.775. The van der Waals surface area contributed by atoms with Gasteiger partial charge < -0.3 is 4.57 Å². The average Bonchev–Trinajstić information content (AvgIpc) is 3.25. The molecule has 0 radical (unpaired) electrons. The van der Waals surface area contributed by atoms with Crippen LogP contribution in [0.1, 0.15) is 0 Å². The summed E-state index contributed by atoms with van der Waals surface area (Å²) in [6.07, 6.45) is 7.07. The van der Waals surface area contributed by atoms with E-state index in [0.717, 1.165) is 0 Å². The summed E-state index contributed by atoms with van der Waals surface area (Å²) in [5, 5.41) is 10.5. The first-order valence-corrected chi connectivity index (χ1v) is 14.9. The van der Waals surface area contributed by atoms with Gasteiger partial charge in [-0.1, -0.05) is 78.9 Å². The minimum absolute atomic E-state index is 0.775. The average molecular weight is 470 g/mol. The third-order valence-corrected chi connectivity index (χ3v) is 9.02. The molecule has 0 saturated heterocycles. The van der Waals surface area contributed by atoms with Crippen LogP contribution in [0.4, 0.5) is 0 Å². The molecule has 0 saturated carbocycles. The van der Waals surface area contributed by atoms with Crippen LogP contribution < -0.4 is 0 Å². The second kappa shape index (κ2) is 7.37. The molecule has 7 rings (SSSR count). The molecule has 170 valence electrons. The van der Waals surface area contributed by atoms with Gasteiger partial charge in [-0.15, -0.1) is 0 Å². The molecule has 0 spiro atoms. The first-order valence-electron chi connectivity index (χ1n) is 12.1. The molecule has 0 aliphatic carbocycles. The van der Waals surface area contributed by atoms with E-state index in [1.165, 1.54) is 64.7 Å². The summed E-state index contributed by atoms with van der Waals surface area (Å²) in [5.41, 5.74) is 3.77. The topological polar surface area (TPSA) is 4.93 Å². The van der Waals surface area contributed by atoms with Gasteiger partial charge in [0.2, 0.25) is 0 Å². The van der Waals surface area contributed by atoms with Gasteiger partial charge in [0, 0.05) is 21.8 Å². The number of aromatic nitrogens is 1. The van der Waals surface area contributed by atoms with E-state index in [1.807, 2.05) is 0 Å². The Morgan fingerprint density at radius 1 is 0.486 bits per heavy atom. The van der Waals surface area contributed by atoms with Gasteiger partial charge in [-0.2, -0.15) is 0 Å². The maximum atomic E-state index is 2.49. The Bertz CT molecular complexity index is 1920. The lowest BCUT2D eigenvalue weighted by Gasteiger charge is -2.26. The molecule has 6 aromatic carbocycles. The Kier molecular flexibility index (Phi) is 4.34. The van der Waals surface area contributed by atoms with Crippen LogP contribution >= 0.6 is 10.0 Å². The molecule has 0 N–H and O–H groups in total. The summed E-state index contributed by atoms with van der Waals surface area (Å²) in [4.78, 5) is 1.43. The smallest absolute Gasteiger partial charge is 0.0626 e. The van der Waals surface area contributed by atoms with E-state index in [2.05, 4.69) is 133 Å². The van der Waals surface area contributed by atoms with Gasteiger partial charge in [0.25, 0.3) is 0 Å². The van der Waals surface area contributed by atoms with Crippen molar-refractivity contribution in [3.8, 4) is 5.69 Å². The third kappa shape index (κ3) is 2.96. The highest BCUT2D eigenvalue weighted by atomic mass is 32.3. The predicted molar refractivity (Wildman–Crippen MR) is 157 cm³/mol. The highest BCUT2D eigenvalue weighted by Gasteiger charge is 2.20. The Hall–Kier alpha value is -3.75. The van der Waals surface area contributed by atoms with Crippen molar-refractivity contribution < 1.29 is 0 Å². The lowest BCUT2D eigenvalue weighted by atomic mass is 9.95. The van der Waals surface area contributed by atoms with E-state index in [4.69, 9.17) is 0 Å². The molecule has 0 fully saturated rings. The first-order chi connectivity index (χ1) is 17.0. The summed E-state index contributed by atoms with van der Waals surface area (Å²) in [6.45, 7) is 0. The largest absolute Gasteiger partial charge is 0.309 e. The van der Waals surface area contributed by atoms with Crippen LogP contribution in [0.5, 0.6) is 0 Å². The number of hydrogen-bond donors (Lipinski definition) is 0. The van der Waals surface area contributed by atoms with Crippen molar-refractivity contribution in [3.63, 3.8) is 0 Å². The molecule has 0 unspecified atom stereocenters. The maximum absolute atomic E-state index is 2.49. The molecule has 0 aliphatic rings. The zero-order valence-corrected chi connectivity index (χ0v) is 21.1. The quantitative estimate of drug-likeness (QED) is 0.222. The molecule has 1 nitrogen and oxygen atoms in total. The predicted octanol–water partition coefficient (Wildman–Crippen LogP) is 9.30. The number of benzene rings is 6. The molecule has 1 heterocycles. The Labute approximate surface area is 206 Å². The van der Waals surface area contributed by atoms with Crippen LogP contribution in [-0.2, 0) is 0 Å². The van der Waals surface area contributed by atoms with Crippen molar-refractivity contribution >= 4 is 64.2 Å². The fourth-order valence-corrected chi connectivity index (χ4v) is 6.66. The molecular formula is C33H27NS. The first kappa shape index (κ1) is 20.6. The van der Waals surface area contributed by atoms with Crippen LogP contribution in [0.2, 0.25) is 0 Å². The summed E-state index contributed by atoms with van der Waals surface area (Å²) >= 11 is 0. The van der Waals surface area contributed by atoms with Crippen molar-refractivity contribution in [1.29, 1.82) is 0 Å². The number of hydrogen-bond acceptors (Lipinski definition) is 0. The van der Waals surface area contributed by atoms with Gasteiger partial charge >= 0.3 is 0 Å². The second-order valence-corrected chi connectivity index (χ2v) is 14.3. The van der Waals surface area contributed by atoms with E-state index >= 15 is 0 Å². The number of rotatable bonds is 2. The molecule has 0 amide bonds. The SMILES string of the molecule is CS(C)(C)c1ccc(-n2c3ccc4ccccc4c3c3c4ccccc4c4ccccc4c32)cc1. The fraction of sp³-hybridized carbons (Fsp3) is 0.0909. The summed E-state index contributed by atoms with van der Waals surface area (Å²) < 4.78 is 2.49. The van der Waals surface area contributed by atoms with Gasteiger partial charge in [-0.3, -0.25) is 0 Å². The van der Waals surface area contributed by atoms with Crippen molar-refractivity contribution in [2.45, 2.75) is 4.90 Å². The van der Waals surface area contributed by atoms with E-state index in [-0.39, 0.29) is 0 Å². The normalized spacial score (nSPS) is 12.9. The molecule has 2 heteroatoms. The van der Waals surface area contributed by atoms with E-state index in [0.29, 0.717) is 0 Å². The monoisotopic (exact) mass is 469 g/mol. The minimum Gasteiger partial charge on any atom is -0.309 e. The Balaban J connectivity index is 1.77. The molecule has 1 aromatic heterocycles. The van der Waals surface area contributed by atoms with Gasteiger partial charge in [0.05, 0.1) is 11.0 Å². The van der Waals surface area contributed by atoms with Crippen LogP contribution in [0.25, 0.3) is 59.8 Å². The zero-order chi connectivity index (χ0) is 23.7. The van der Waals surface area contributed by atoms with Crippen molar-refractivity contribution in [2.24, 2.45) is 0 Å². The Morgan fingerprint density at radius 2 is 1.06 bits per heavy atom. The summed E-state index contributed by atoms with van der Waals surface area (Å²) in [5.74, 6) is 0.